The van der Waals surface area contributed by atoms with Crippen molar-refractivity contribution in [3.63, 3.8) is 0 Å². The molecule has 0 aromatic carbocycles. The van der Waals surface area contributed by atoms with Gasteiger partial charge in [-0.25, -0.2) is 0 Å². The zero-order valence-corrected chi connectivity index (χ0v) is 10.6. The smallest absolute Gasteiger partial charge is 0.242 e. The van der Waals surface area contributed by atoms with Crippen LogP contribution in [0.15, 0.2) is 0 Å². The Balaban J connectivity index is 2.74. The van der Waals surface area contributed by atoms with Gasteiger partial charge in [-0.15, -0.1) is 0 Å². The molecule has 1 amide bonds. The molecule has 0 aromatic heterocycles. The molecule has 0 aromatic rings. The largest absolute Gasteiger partial charge is 0.339 e. The fourth-order valence-corrected chi connectivity index (χ4v) is 2.37. The summed E-state index contributed by atoms with van der Waals surface area (Å²) in [7, 11) is 0. The number of carbonyl (C=O) groups excluding carboxylic acids is 1. The zero-order chi connectivity index (χ0) is 12.2. The predicted octanol–water partition coefficient (Wildman–Crippen LogP) is 2.72. The Hall–Kier alpha value is -1.04. The molecule has 3 heteroatoms. The molecule has 0 radical (unpaired) electrons. The van der Waals surface area contributed by atoms with Gasteiger partial charge in [0.1, 0.15) is 5.41 Å². The van der Waals surface area contributed by atoms with Crippen LogP contribution >= 0.6 is 0 Å². The summed E-state index contributed by atoms with van der Waals surface area (Å²) in [5.74, 6) is -0.00981. The van der Waals surface area contributed by atoms with Gasteiger partial charge in [-0.3, -0.25) is 4.79 Å². The van der Waals surface area contributed by atoms with Gasteiger partial charge in [0.05, 0.1) is 6.07 Å². The van der Waals surface area contributed by atoms with E-state index in [9.17, 15) is 4.79 Å². The second-order valence-corrected chi connectivity index (χ2v) is 5.12. The number of hydrogen-bond donors (Lipinski definition) is 0. The molecule has 0 saturated heterocycles. The highest BCUT2D eigenvalue weighted by Gasteiger charge is 2.35. The second-order valence-electron chi connectivity index (χ2n) is 5.12. The lowest BCUT2D eigenvalue weighted by molar-refractivity contribution is -0.140. The average Bonchev–Trinajstić information content (AvgIpc) is 2.31. The summed E-state index contributed by atoms with van der Waals surface area (Å²) in [4.78, 5) is 14.1. The van der Waals surface area contributed by atoms with Crippen molar-refractivity contribution in [3.8, 4) is 6.07 Å². The van der Waals surface area contributed by atoms with Gasteiger partial charge in [-0.1, -0.05) is 19.3 Å². The van der Waals surface area contributed by atoms with Crippen LogP contribution in [0, 0.1) is 16.7 Å². The van der Waals surface area contributed by atoms with Gasteiger partial charge in [0.25, 0.3) is 0 Å². The Morgan fingerprint density at radius 3 is 2.38 bits per heavy atom. The predicted molar refractivity (Wildman–Crippen MR) is 63.7 cm³/mol. The first-order valence-electron chi connectivity index (χ1n) is 6.25. The fourth-order valence-electron chi connectivity index (χ4n) is 2.37. The van der Waals surface area contributed by atoms with Crippen LogP contribution in [0.3, 0.4) is 0 Å². The molecule has 0 heterocycles. The van der Waals surface area contributed by atoms with Crippen LogP contribution in [-0.4, -0.2) is 23.4 Å². The minimum atomic E-state index is -0.881. The van der Waals surface area contributed by atoms with Gasteiger partial charge < -0.3 is 4.90 Å². The topological polar surface area (TPSA) is 44.1 Å². The minimum Gasteiger partial charge on any atom is -0.339 e. The lowest BCUT2D eigenvalue weighted by atomic mass is 9.89. The van der Waals surface area contributed by atoms with Crippen molar-refractivity contribution in [1.29, 1.82) is 5.26 Å². The Kier molecular flexibility index (Phi) is 4.35. The van der Waals surface area contributed by atoms with Gasteiger partial charge in [-0.05, 0) is 33.6 Å². The van der Waals surface area contributed by atoms with Crippen LogP contribution in [0.5, 0.6) is 0 Å². The molecular formula is C13H22N2O. The van der Waals surface area contributed by atoms with E-state index in [1.807, 2.05) is 11.8 Å². The van der Waals surface area contributed by atoms with E-state index in [2.05, 4.69) is 6.07 Å². The lowest BCUT2D eigenvalue weighted by Crippen LogP contribution is -2.47. The van der Waals surface area contributed by atoms with Gasteiger partial charge >= 0.3 is 0 Å². The maximum absolute atomic E-state index is 12.2. The molecule has 1 aliphatic carbocycles. The summed E-state index contributed by atoms with van der Waals surface area (Å²) < 4.78 is 0. The van der Waals surface area contributed by atoms with E-state index in [0.29, 0.717) is 12.6 Å². The van der Waals surface area contributed by atoms with Gasteiger partial charge in [0.2, 0.25) is 5.91 Å². The summed E-state index contributed by atoms with van der Waals surface area (Å²) >= 11 is 0. The Morgan fingerprint density at radius 2 is 1.94 bits per heavy atom. The fraction of sp³-hybridized carbons (Fsp3) is 0.846. The van der Waals surface area contributed by atoms with Crippen molar-refractivity contribution in [2.24, 2.45) is 5.41 Å². The monoisotopic (exact) mass is 222 g/mol. The van der Waals surface area contributed by atoms with E-state index in [0.717, 1.165) is 12.8 Å². The van der Waals surface area contributed by atoms with Gasteiger partial charge in [0, 0.05) is 12.6 Å². The molecule has 0 unspecified atom stereocenters. The molecule has 1 aliphatic rings. The van der Waals surface area contributed by atoms with Crippen molar-refractivity contribution >= 4 is 5.91 Å². The quantitative estimate of drug-likeness (QED) is 0.737. The van der Waals surface area contributed by atoms with Crippen LogP contribution in [-0.2, 0) is 4.79 Å². The number of rotatable bonds is 3. The number of amides is 1. The standard InChI is InChI=1S/C13H22N2O/c1-4-15(11-8-6-5-7-9-11)12(16)13(2,3)10-14/h11H,4-9H2,1-3H3. The highest BCUT2D eigenvalue weighted by atomic mass is 16.2. The SMILES string of the molecule is CCN(C(=O)C(C)(C)C#N)C1CCCCC1. The van der Waals surface area contributed by atoms with Crippen LogP contribution in [0.25, 0.3) is 0 Å². The molecule has 1 fully saturated rings. The molecule has 0 bridgehead atoms. The van der Waals surface area contributed by atoms with Crippen LogP contribution in [0.1, 0.15) is 52.9 Å². The third-order valence-electron chi connectivity index (χ3n) is 3.43. The first-order valence-corrected chi connectivity index (χ1v) is 6.25. The molecule has 3 nitrogen and oxygen atoms in total. The summed E-state index contributed by atoms with van der Waals surface area (Å²) in [5.41, 5.74) is -0.881. The molecule has 0 spiro atoms. The summed E-state index contributed by atoms with van der Waals surface area (Å²) in [6.45, 7) is 6.14. The first-order chi connectivity index (χ1) is 7.53. The van der Waals surface area contributed by atoms with Gasteiger partial charge in [-0.2, -0.15) is 5.26 Å². The lowest BCUT2D eigenvalue weighted by Gasteiger charge is -2.36. The molecule has 0 atom stereocenters. The second kappa shape index (κ2) is 5.34. The minimum absolute atomic E-state index is 0.00981. The Morgan fingerprint density at radius 1 is 1.38 bits per heavy atom. The van der Waals surface area contributed by atoms with Crippen molar-refractivity contribution in [2.45, 2.75) is 58.9 Å². The van der Waals surface area contributed by atoms with Crippen molar-refractivity contribution in [1.82, 2.24) is 4.90 Å². The molecule has 90 valence electrons. The van der Waals surface area contributed by atoms with E-state index in [1.165, 1.54) is 19.3 Å². The number of hydrogen-bond acceptors (Lipinski definition) is 2. The highest BCUT2D eigenvalue weighted by molar-refractivity contribution is 5.84. The van der Waals surface area contributed by atoms with Crippen LogP contribution < -0.4 is 0 Å². The van der Waals surface area contributed by atoms with Crippen molar-refractivity contribution < 1.29 is 4.79 Å². The van der Waals surface area contributed by atoms with Crippen molar-refractivity contribution in [3.05, 3.63) is 0 Å². The highest BCUT2D eigenvalue weighted by Crippen LogP contribution is 2.26. The molecule has 0 aliphatic heterocycles. The molecule has 0 N–H and O–H groups in total. The Bertz CT molecular complexity index is 285. The zero-order valence-electron chi connectivity index (χ0n) is 10.6. The molecular weight excluding hydrogens is 200 g/mol. The van der Waals surface area contributed by atoms with Crippen LogP contribution in [0.4, 0.5) is 0 Å². The number of nitriles is 1. The Labute approximate surface area is 98.4 Å². The molecule has 1 rings (SSSR count). The molecule has 16 heavy (non-hydrogen) atoms. The van der Waals surface area contributed by atoms with Crippen molar-refractivity contribution in [2.75, 3.05) is 6.54 Å². The third kappa shape index (κ3) is 2.75. The maximum atomic E-state index is 12.2. The average molecular weight is 222 g/mol. The normalized spacial score (nSPS) is 17.9. The summed E-state index contributed by atoms with van der Waals surface area (Å²) in [6, 6.07) is 2.46. The maximum Gasteiger partial charge on any atom is 0.242 e. The van der Waals surface area contributed by atoms with E-state index in [-0.39, 0.29) is 5.91 Å². The van der Waals surface area contributed by atoms with E-state index >= 15 is 0 Å². The first kappa shape index (κ1) is 13.0. The van der Waals surface area contributed by atoms with E-state index < -0.39 is 5.41 Å². The summed E-state index contributed by atoms with van der Waals surface area (Å²) in [5, 5.41) is 9.01. The van der Waals surface area contributed by atoms with E-state index in [4.69, 9.17) is 5.26 Å². The van der Waals surface area contributed by atoms with E-state index in [1.54, 1.807) is 13.8 Å². The number of carbonyl (C=O) groups is 1. The molecule has 1 saturated carbocycles. The third-order valence-corrected chi connectivity index (χ3v) is 3.43. The number of nitrogens with zero attached hydrogens (tertiary/aromatic N) is 2. The van der Waals surface area contributed by atoms with Crippen LogP contribution in [0.2, 0.25) is 0 Å². The van der Waals surface area contributed by atoms with Gasteiger partial charge in [0.15, 0.2) is 0 Å². The summed E-state index contributed by atoms with van der Waals surface area (Å²) in [6.07, 6.45) is 5.90.